The van der Waals surface area contributed by atoms with Crippen molar-refractivity contribution >= 4 is 68.0 Å². The molecule has 2 fully saturated rings. The van der Waals surface area contributed by atoms with E-state index in [1.165, 1.54) is 28.0 Å². The van der Waals surface area contributed by atoms with Gasteiger partial charge in [-0.2, -0.15) is 4.98 Å². The van der Waals surface area contributed by atoms with Crippen molar-refractivity contribution in [1.29, 1.82) is 0 Å². The number of carbonyl (C=O) groups excluding carboxylic acids is 4. The maximum absolute atomic E-state index is 13.2. The quantitative estimate of drug-likeness (QED) is 0.0758. The number of aryl methyl sites for hydroxylation is 1. The summed E-state index contributed by atoms with van der Waals surface area (Å²) in [6.07, 6.45) is 7.10. The van der Waals surface area contributed by atoms with E-state index in [1.54, 1.807) is 28.5 Å². The first kappa shape index (κ1) is 42.3. The van der Waals surface area contributed by atoms with Crippen molar-refractivity contribution in [2.45, 2.75) is 97.4 Å². The van der Waals surface area contributed by atoms with Crippen LogP contribution in [0.15, 0.2) is 30.5 Å². The summed E-state index contributed by atoms with van der Waals surface area (Å²) in [5.74, 6) is 1.15. The van der Waals surface area contributed by atoms with Crippen molar-refractivity contribution < 1.29 is 19.2 Å². The summed E-state index contributed by atoms with van der Waals surface area (Å²) in [6, 6.07) is 8.73. The number of benzene rings is 1. The Labute approximate surface area is 333 Å². The zero-order valence-electron chi connectivity index (χ0n) is 33.2. The van der Waals surface area contributed by atoms with E-state index in [2.05, 4.69) is 82.2 Å². The molecular weight excluding hydrogens is 735 g/mol. The fraction of sp³-hybridized carbons (Fsp3) is 0.600. The third-order valence-corrected chi connectivity index (χ3v) is 13.7. The Morgan fingerprint density at radius 2 is 1.80 bits per heavy atom. The minimum absolute atomic E-state index is 0.0903. The van der Waals surface area contributed by atoms with E-state index in [-0.39, 0.29) is 59.6 Å². The first-order valence-corrected chi connectivity index (χ1v) is 22.0. The summed E-state index contributed by atoms with van der Waals surface area (Å²) in [7, 11) is 3.42. The van der Waals surface area contributed by atoms with Gasteiger partial charge in [0.25, 0.3) is 0 Å². The molecule has 1 aromatic carbocycles. The van der Waals surface area contributed by atoms with Gasteiger partial charge in [0, 0.05) is 101 Å². The van der Waals surface area contributed by atoms with Crippen LogP contribution in [0, 0.1) is 12.8 Å². The maximum atomic E-state index is 13.2. The Hall–Kier alpha value is -3.82. The molecule has 2 aliphatic heterocycles. The first-order valence-electron chi connectivity index (χ1n) is 19.7. The molecule has 4 heterocycles. The highest BCUT2D eigenvalue weighted by atomic mass is 33.1. The van der Waals surface area contributed by atoms with Gasteiger partial charge < -0.3 is 25.8 Å². The molecule has 4 amide bonds. The standard InChI is InChI=1S/C40H59N9O4S2/c1-6-7-8-15-43-37-36-32(44-39(41)45-37)12-17-48(36)27-31-10-9-30(24-28(31)2)26-46-19-21-47(22-20-46)34(51)11-14-40(4,5)55-54-23-16-42-33(50)13-18-49-35(52)25-29(3)38(49)53/h9-10,12,17,24,29H,6-8,11,13-16,18-23,25-27H2,1-5H3,(H,42,50)(H3,41,43,44,45). The van der Waals surface area contributed by atoms with E-state index in [0.29, 0.717) is 19.5 Å². The largest absolute Gasteiger partial charge is 0.368 e. The number of unbranched alkanes of at least 4 members (excludes halogenated alkanes) is 2. The van der Waals surface area contributed by atoms with Crippen molar-refractivity contribution in [2.24, 2.45) is 5.92 Å². The molecule has 2 aliphatic rings. The lowest BCUT2D eigenvalue weighted by molar-refractivity contribution is -0.139. The molecule has 0 aliphatic carbocycles. The lowest BCUT2D eigenvalue weighted by Crippen LogP contribution is -2.48. The Kier molecular flexibility index (Phi) is 15.3. The maximum Gasteiger partial charge on any atom is 0.232 e. The number of hydrogen-bond donors (Lipinski definition) is 3. The van der Waals surface area contributed by atoms with E-state index >= 15 is 0 Å². The Morgan fingerprint density at radius 1 is 1.02 bits per heavy atom. The van der Waals surface area contributed by atoms with Crippen molar-refractivity contribution in [3.8, 4) is 0 Å². The van der Waals surface area contributed by atoms with E-state index in [9.17, 15) is 19.2 Å². The van der Waals surface area contributed by atoms with Crippen molar-refractivity contribution in [1.82, 2.24) is 34.6 Å². The van der Waals surface area contributed by atoms with Gasteiger partial charge >= 0.3 is 0 Å². The lowest BCUT2D eigenvalue weighted by atomic mass is 10.0. The highest BCUT2D eigenvalue weighted by molar-refractivity contribution is 8.77. The Bertz CT molecular complexity index is 1810. The fourth-order valence-electron chi connectivity index (χ4n) is 7.02. The van der Waals surface area contributed by atoms with E-state index in [4.69, 9.17) is 5.73 Å². The number of likely N-dealkylation sites (tertiary alicyclic amines) is 1. The first-order chi connectivity index (χ1) is 26.3. The molecule has 2 aromatic heterocycles. The van der Waals surface area contributed by atoms with Crippen LogP contribution in [0.3, 0.4) is 0 Å². The smallest absolute Gasteiger partial charge is 0.232 e. The van der Waals surface area contributed by atoms with E-state index < -0.39 is 0 Å². The molecule has 5 rings (SSSR count). The number of nitrogen functional groups attached to an aromatic ring is 1. The second-order valence-electron chi connectivity index (χ2n) is 15.4. The minimum atomic E-state index is -0.294. The molecule has 55 heavy (non-hydrogen) atoms. The van der Waals surface area contributed by atoms with Gasteiger partial charge in [-0.3, -0.25) is 29.0 Å². The van der Waals surface area contributed by atoms with Crippen molar-refractivity contribution in [3.63, 3.8) is 0 Å². The summed E-state index contributed by atoms with van der Waals surface area (Å²) in [6.45, 7) is 16.6. The van der Waals surface area contributed by atoms with Gasteiger partial charge in [-0.15, -0.1) is 0 Å². The molecule has 15 heteroatoms. The number of hydrogen-bond acceptors (Lipinski definition) is 11. The van der Waals surface area contributed by atoms with Gasteiger partial charge in [0.05, 0.1) is 5.52 Å². The molecule has 300 valence electrons. The lowest BCUT2D eigenvalue weighted by Gasteiger charge is -2.35. The fourth-order valence-corrected chi connectivity index (χ4v) is 9.50. The second kappa shape index (κ2) is 19.9. The van der Waals surface area contributed by atoms with Crippen LogP contribution >= 0.6 is 21.6 Å². The molecule has 0 saturated carbocycles. The third-order valence-electron chi connectivity index (χ3n) is 10.3. The number of amides is 4. The molecule has 13 nitrogen and oxygen atoms in total. The van der Waals surface area contributed by atoms with Gasteiger partial charge in [0.1, 0.15) is 5.52 Å². The summed E-state index contributed by atoms with van der Waals surface area (Å²) in [5, 5.41) is 6.36. The molecule has 4 N–H and O–H groups in total. The number of aromatic nitrogens is 3. The average Bonchev–Trinajstić information content (AvgIpc) is 3.66. The van der Waals surface area contributed by atoms with E-state index in [1.807, 2.05) is 11.0 Å². The number of piperazine rings is 1. The molecule has 0 radical (unpaired) electrons. The molecule has 0 spiro atoms. The Morgan fingerprint density at radius 3 is 2.51 bits per heavy atom. The number of carbonyl (C=O) groups is 4. The SMILES string of the molecule is CCCCCNc1nc(N)nc2ccn(Cc3ccc(CN4CCN(C(=O)CCC(C)(C)SSCCNC(=O)CCN5C(=O)CC(C)C5=O)CC4)cc3C)c12. The number of nitrogens with one attached hydrogen (secondary N) is 2. The van der Waals surface area contributed by atoms with Gasteiger partial charge in [0.2, 0.25) is 29.6 Å². The normalized spacial score (nSPS) is 16.7. The highest BCUT2D eigenvalue weighted by Gasteiger charge is 2.35. The number of fused-ring (bicyclic) bond motifs is 1. The zero-order valence-corrected chi connectivity index (χ0v) is 34.8. The van der Waals surface area contributed by atoms with E-state index in [0.717, 1.165) is 81.1 Å². The molecule has 3 aromatic rings. The minimum Gasteiger partial charge on any atom is -0.368 e. The molecule has 1 atom stereocenters. The van der Waals surface area contributed by atoms with Crippen LogP contribution in [-0.2, 0) is 32.3 Å². The summed E-state index contributed by atoms with van der Waals surface area (Å²) in [5.41, 5.74) is 11.6. The van der Waals surface area contributed by atoms with Gasteiger partial charge in [-0.1, -0.05) is 66.5 Å². The Balaban J connectivity index is 0.992. The highest BCUT2D eigenvalue weighted by Crippen LogP contribution is 2.38. The summed E-state index contributed by atoms with van der Waals surface area (Å²) < 4.78 is 2.11. The van der Waals surface area contributed by atoms with Crippen LogP contribution in [0.25, 0.3) is 11.0 Å². The average molecular weight is 794 g/mol. The van der Waals surface area contributed by atoms with Gasteiger partial charge in [-0.05, 0) is 56.4 Å². The molecule has 2 saturated heterocycles. The van der Waals surface area contributed by atoms with Crippen LogP contribution in [0.2, 0.25) is 0 Å². The predicted octanol–water partition coefficient (Wildman–Crippen LogP) is 5.46. The van der Waals surface area contributed by atoms with Crippen LogP contribution < -0.4 is 16.4 Å². The van der Waals surface area contributed by atoms with Gasteiger partial charge in [-0.25, -0.2) is 4.98 Å². The number of rotatable bonds is 20. The predicted molar refractivity (Wildman–Crippen MR) is 224 cm³/mol. The van der Waals surface area contributed by atoms with Crippen LogP contribution in [0.5, 0.6) is 0 Å². The molecule has 1 unspecified atom stereocenters. The number of anilines is 2. The number of imide groups is 1. The van der Waals surface area contributed by atoms with Gasteiger partial charge in [0.15, 0.2) is 5.82 Å². The topological polar surface area (TPSA) is 159 Å². The van der Waals surface area contributed by atoms with Crippen LogP contribution in [-0.4, -0.2) is 109 Å². The van der Waals surface area contributed by atoms with Crippen molar-refractivity contribution in [3.05, 3.63) is 47.2 Å². The van der Waals surface area contributed by atoms with Crippen LogP contribution in [0.1, 0.15) is 89.3 Å². The molecule has 0 bridgehead atoms. The summed E-state index contributed by atoms with van der Waals surface area (Å²) >= 11 is 0. The zero-order chi connectivity index (χ0) is 39.5. The number of nitrogens with two attached hydrogens (primary N) is 1. The second-order valence-corrected chi connectivity index (χ2v) is 18.5. The third kappa shape index (κ3) is 12.1. The number of nitrogens with zero attached hydrogens (tertiary/aromatic N) is 6. The van der Waals surface area contributed by atoms with Crippen LogP contribution in [0.4, 0.5) is 11.8 Å². The summed E-state index contributed by atoms with van der Waals surface area (Å²) in [4.78, 5) is 64.0. The van der Waals surface area contributed by atoms with Crippen molar-refractivity contribution in [2.75, 3.05) is 62.6 Å². The monoisotopic (exact) mass is 793 g/mol. The molecular formula is C40H59N9O4S2.